The van der Waals surface area contributed by atoms with E-state index in [2.05, 4.69) is 20.4 Å². The van der Waals surface area contributed by atoms with Gasteiger partial charge in [0.2, 0.25) is 5.89 Å². The van der Waals surface area contributed by atoms with Gasteiger partial charge in [-0.3, -0.25) is 0 Å². The van der Waals surface area contributed by atoms with Gasteiger partial charge >= 0.3 is 0 Å². The first-order valence-corrected chi connectivity index (χ1v) is 6.25. The Morgan fingerprint density at radius 2 is 2.06 bits per heavy atom. The molecule has 0 saturated carbocycles. The van der Waals surface area contributed by atoms with Gasteiger partial charge in [0, 0.05) is 13.1 Å². The van der Waals surface area contributed by atoms with Crippen molar-refractivity contribution in [3.05, 3.63) is 5.89 Å². The van der Waals surface area contributed by atoms with Crippen LogP contribution >= 0.6 is 0 Å². The Kier molecular flexibility index (Phi) is 2.78. The summed E-state index contributed by atoms with van der Waals surface area (Å²) in [5.41, 5.74) is 0. The molecule has 1 aromatic rings. The number of piperidine rings is 1. The molecule has 2 aliphatic rings. The molecule has 3 heterocycles. The number of nitrogens with one attached hydrogen (secondary N) is 1. The lowest BCUT2D eigenvalue weighted by Gasteiger charge is -2.19. The highest BCUT2D eigenvalue weighted by molar-refractivity contribution is 5.29. The molecule has 0 aromatic carbocycles. The van der Waals surface area contributed by atoms with E-state index in [1.165, 1.54) is 25.7 Å². The van der Waals surface area contributed by atoms with Gasteiger partial charge in [-0.25, -0.2) is 0 Å². The van der Waals surface area contributed by atoms with E-state index < -0.39 is 0 Å². The highest BCUT2D eigenvalue weighted by Crippen LogP contribution is 2.24. The zero-order valence-electron chi connectivity index (χ0n) is 9.48. The topological polar surface area (TPSA) is 54.2 Å². The Morgan fingerprint density at radius 3 is 2.81 bits per heavy atom. The molecule has 1 aromatic heterocycles. The summed E-state index contributed by atoms with van der Waals surface area (Å²) in [4.78, 5) is 6.71. The van der Waals surface area contributed by atoms with E-state index in [1.54, 1.807) is 0 Å². The second-order valence-corrected chi connectivity index (χ2v) is 4.63. The zero-order chi connectivity index (χ0) is 10.8. The number of anilines is 1. The molecule has 5 heteroatoms. The lowest BCUT2D eigenvalue weighted by molar-refractivity contribution is 0.297. The highest BCUT2D eigenvalue weighted by Gasteiger charge is 2.23. The van der Waals surface area contributed by atoms with E-state index in [0.29, 0.717) is 0 Å². The lowest BCUT2D eigenvalue weighted by Crippen LogP contribution is -2.27. The summed E-state index contributed by atoms with van der Waals surface area (Å²) < 4.78 is 5.35. The molecule has 0 aliphatic carbocycles. The normalized spacial score (nSPS) is 26.2. The van der Waals surface area contributed by atoms with Gasteiger partial charge in [0.25, 0.3) is 5.95 Å². The monoisotopic (exact) mass is 222 g/mol. The molecule has 1 unspecified atom stereocenters. The van der Waals surface area contributed by atoms with E-state index in [9.17, 15) is 0 Å². The van der Waals surface area contributed by atoms with Crippen LogP contribution in [0.4, 0.5) is 5.95 Å². The molecule has 3 rings (SSSR count). The van der Waals surface area contributed by atoms with Gasteiger partial charge in [0.15, 0.2) is 0 Å². The summed E-state index contributed by atoms with van der Waals surface area (Å²) in [5.74, 6) is 1.54. The molecule has 2 saturated heterocycles. The van der Waals surface area contributed by atoms with Crippen LogP contribution in [0.15, 0.2) is 4.52 Å². The van der Waals surface area contributed by atoms with Crippen LogP contribution in [0.3, 0.4) is 0 Å². The molecule has 2 fully saturated rings. The predicted octanol–water partition coefficient (Wildman–Crippen LogP) is 1.48. The Morgan fingerprint density at radius 1 is 1.19 bits per heavy atom. The molecule has 5 nitrogen and oxygen atoms in total. The van der Waals surface area contributed by atoms with Crippen LogP contribution in [-0.2, 0) is 0 Å². The fourth-order valence-electron chi connectivity index (χ4n) is 2.48. The van der Waals surface area contributed by atoms with E-state index >= 15 is 0 Å². The quantitative estimate of drug-likeness (QED) is 0.821. The van der Waals surface area contributed by atoms with Crippen molar-refractivity contribution in [1.82, 2.24) is 15.5 Å². The van der Waals surface area contributed by atoms with Gasteiger partial charge in [-0.15, -0.1) is 0 Å². The molecule has 0 spiro atoms. The SMILES string of the molecule is C1CCC(c2nc(N3CCCC3)no2)NC1. The third-order valence-corrected chi connectivity index (χ3v) is 3.43. The van der Waals surface area contributed by atoms with Crippen LogP contribution in [0.25, 0.3) is 0 Å². The molecule has 88 valence electrons. The summed E-state index contributed by atoms with van der Waals surface area (Å²) in [7, 11) is 0. The fourth-order valence-corrected chi connectivity index (χ4v) is 2.48. The molecular formula is C11H18N4O. The maximum Gasteiger partial charge on any atom is 0.266 e. The molecule has 16 heavy (non-hydrogen) atoms. The van der Waals surface area contributed by atoms with Gasteiger partial charge in [0.05, 0.1) is 6.04 Å². The first-order valence-electron chi connectivity index (χ1n) is 6.25. The van der Waals surface area contributed by atoms with E-state index in [1.807, 2.05) is 0 Å². The Labute approximate surface area is 95.2 Å². The smallest absolute Gasteiger partial charge is 0.266 e. The molecule has 0 radical (unpaired) electrons. The number of rotatable bonds is 2. The van der Waals surface area contributed by atoms with Gasteiger partial charge in [-0.1, -0.05) is 6.42 Å². The second-order valence-electron chi connectivity index (χ2n) is 4.63. The second kappa shape index (κ2) is 4.41. The van der Waals surface area contributed by atoms with Gasteiger partial charge in [-0.05, 0) is 37.4 Å². The molecule has 0 amide bonds. The third kappa shape index (κ3) is 1.91. The van der Waals surface area contributed by atoms with Gasteiger partial charge in [-0.2, -0.15) is 4.98 Å². The summed E-state index contributed by atoms with van der Waals surface area (Å²) in [6.07, 6.45) is 6.10. The minimum Gasteiger partial charge on any atom is -0.338 e. The van der Waals surface area contributed by atoms with Crippen molar-refractivity contribution < 1.29 is 4.52 Å². The minimum atomic E-state index is 0.276. The van der Waals surface area contributed by atoms with Crippen molar-refractivity contribution >= 4 is 5.95 Å². The Bertz CT molecular complexity index is 340. The highest BCUT2D eigenvalue weighted by atomic mass is 16.5. The Hall–Kier alpha value is -1.10. The van der Waals surface area contributed by atoms with Crippen molar-refractivity contribution in [1.29, 1.82) is 0 Å². The minimum absolute atomic E-state index is 0.276. The van der Waals surface area contributed by atoms with Crippen LogP contribution in [0, 0.1) is 0 Å². The summed E-state index contributed by atoms with van der Waals surface area (Å²) in [6, 6.07) is 0.276. The van der Waals surface area contributed by atoms with Crippen molar-refractivity contribution in [2.45, 2.75) is 38.1 Å². The van der Waals surface area contributed by atoms with Crippen molar-refractivity contribution in [3.63, 3.8) is 0 Å². The Balaban J connectivity index is 1.71. The number of hydrogen-bond donors (Lipinski definition) is 1. The number of hydrogen-bond acceptors (Lipinski definition) is 5. The zero-order valence-corrected chi connectivity index (χ0v) is 9.48. The average Bonchev–Trinajstić information content (AvgIpc) is 3.01. The standard InChI is InChI=1S/C11H18N4O/c1-2-6-12-9(5-1)10-13-11(14-16-10)15-7-3-4-8-15/h9,12H,1-8H2. The van der Waals surface area contributed by atoms with Crippen LogP contribution in [0.5, 0.6) is 0 Å². The van der Waals surface area contributed by atoms with Crippen molar-refractivity contribution in [2.75, 3.05) is 24.5 Å². The maximum atomic E-state index is 5.35. The molecular weight excluding hydrogens is 204 g/mol. The van der Waals surface area contributed by atoms with Crippen LogP contribution in [0.2, 0.25) is 0 Å². The van der Waals surface area contributed by atoms with E-state index in [0.717, 1.165) is 37.9 Å². The molecule has 1 atom stereocenters. The maximum absolute atomic E-state index is 5.35. The first-order chi connectivity index (χ1) is 7.93. The van der Waals surface area contributed by atoms with E-state index in [4.69, 9.17) is 4.52 Å². The van der Waals surface area contributed by atoms with Crippen molar-refractivity contribution in [3.8, 4) is 0 Å². The predicted molar refractivity (Wildman–Crippen MR) is 60.3 cm³/mol. The largest absolute Gasteiger partial charge is 0.338 e. The molecule has 2 aliphatic heterocycles. The average molecular weight is 222 g/mol. The summed E-state index contributed by atoms with van der Waals surface area (Å²) >= 11 is 0. The van der Waals surface area contributed by atoms with Crippen LogP contribution < -0.4 is 10.2 Å². The first kappa shape index (κ1) is 10.1. The molecule has 0 bridgehead atoms. The van der Waals surface area contributed by atoms with Crippen LogP contribution in [-0.4, -0.2) is 29.8 Å². The fraction of sp³-hybridized carbons (Fsp3) is 0.818. The number of aromatic nitrogens is 2. The number of nitrogens with zero attached hydrogens (tertiary/aromatic N) is 3. The van der Waals surface area contributed by atoms with Gasteiger partial charge < -0.3 is 14.7 Å². The summed E-state index contributed by atoms with van der Waals surface area (Å²) in [5, 5.41) is 7.50. The van der Waals surface area contributed by atoms with Crippen LogP contribution in [0.1, 0.15) is 44.0 Å². The van der Waals surface area contributed by atoms with E-state index in [-0.39, 0.29) is 6.04 Å². The molecule has 1 N–H and O–H groups in total. The van der Waals surface area contributed by atoms with Gasteiger partial charge in [0.1, 0.15) is 0 Å². The van der Waals surface area contributed by atoms with Crippen molar-refractivity contribution in [2.24, 2.45) is 0 Å². The summed E-state index contributed by atoms with van der Waals surface area (Å²) in [6.45, 7) is 3.19. The lowest BCUT2D eigenvalue weighted by atomic mass is 10.1. The third-order valence-electron chi connectivity index (χ3n) is 3.43.